The van der Waals surface area contributed by atoms with Crippen LogP contribution in [-0.2, 0) is 10.0 Å². The van der Waals surface area contributed by atoms with E-state index in [9.17, 15) is 8.42 Å². The van der Waals surface area contributed by atoms with Gasteiger partial charge >= 0.3 is 0 Å². The summed E-state index contributed by atoms with van der Waals surface area (Å²) in [5.74, 6) is 0. The van der Waals surface area contributed by atoms with Crippen molar-refractivity contribution < 1.29 is 8.42 Å². The Hall–Kier alpha value is -0.630. The van der Waals surface area contributed by atoms with Gasteiger partial charge in [0.05, 0.1) is 5.69 Å². The Kier molecular flexibility index (Phi) is 4.97. The van der Waals surface area contributed by atoms with Crippen LogP contribution in [0.5, 0.6) is 0 Å². The highest BCUT2D eigenvalue weighted by Gasteiger charge is 2.37. The highest BCUT2D eigenvalue weighted by atomic mass is 79.9. The summed E-state index contributed by atoms with van der Waals surface area (Å²) >= 11 is 3.28. The summed E-state index contributed by atoms with van der Waals surface area (Å²) in [6, 6.07) is 4.86. The standard InChI is InChI=1S/C14H22BrN3O2S/c1-18(2)14(7-3-4-8-14)10-17-21(19,20)13-9-11(15)5-6-12(13)16/h5-6,9,17H,3-4,7-8,10,16H2,1-2H3. The van der Waals surface area contributed by atoms with Crippen molar-refractivity contribution >= 4 is 31.6 Å². The molecule has 0 amide bonds. The Balaban J connectivity index is 2.20. The molecule has 0 saturated heterocycles. The van der Waals surface area contributed by atoms with Crippen LogP contribution < -0.4 is 10.5 Å². The number of hydrogen-bond acceptors (Lipinski definition) is 4. The Morgan fingerprint density at radius 2 is 1.95 bits per heavy atom. The van der Waals surface area contributed by atoms with Gasteiger partial charge < -0.3 is 10.6 Å². The number of benzene rings is 1. The van der Waals surface area contributed by atoms with Crippen LogP contribution in [0.3, 0.4) is 0 Å². The van der Waals surface area contributed by atoms with E-state index in [4.69, 9.17) is 5.73 Å². The van der Waals surface area contributed by atoms with Crippen LogP contribution in [0, 0.1) is 0 Å². The Morgan fingerprint density at radius 1 is 1.33 bits per heavy atom. The maximum Gasteiger partial charge on any atom is 0.242 e. The molecule has 0 atom stereocenters. The lowest BCUT2D eigenvalue weighted by molar-refractivity contribution is 0.162. The molecule has 21 heavy (non-hydrogen) atoms. The van der Waals surface area contributed by atoms with E-state index in [0.29, 0.717) is 11.0 Å². The van der Waals surface area contributed by atoms with Crippen molar-refractivity contribution in [1.82, 2.24) is 9.62 Å². The fraction of sp³-hybridized carbons (Fsp3) is 0.571. The topological polar surface area (TPSA) is 75.4 Å². The van der Waals surface area contributed by atoms with E-state index in [1.54, 1.807) is 12.1 Å². The summed E-state index contributed by atoms with van der Waals surface area (Å²) in [6.07, 6.45) is 4.30. The maximum absolute atomic E-state index is 12.5. The summed E-state index contributed by atoms with van der Waals surface area (Å²) in [5, 5.41) is 0. The van der Waals surface area contributed by atoms with Crippen molar-refractivity contribution in [3.05, 3.63) is 22.7 Å². The van der Waals surface area contributed by atoms with Gasteiger partial charge in [-0.2, -0.15) is 0 Å². The molecule has 1 aromatic carbocycles. The third-order valence-corrected chi connectivity index (χ3v) is 6.29. The van der Waals surface area contributed by atoms with Crippen molar-refractivity contribution in [2.75, 3.05) is 26.4 Å². The average molecular weight is 376 g/mol. The van der Waals surface area contributed by atoms with Crippen LogP contribution in [0.2, 0.25) is 0 Å². The summed E-state index contributed by atoms with van der Waals surface area (Å²) < 4.78 is 28.4. The molecular formula is C14H22BrN3O2S. The first kappa shape index (κ1) is 16.7. The molecule has 0 radical (unpaired) electrons. The number of nitrogen functional groups attached to an aromatic ring is 1. The number of halogens is 1. The molecule has 5 nitrogen and oxygen atoms in total. The fourth-order valence-electron chi connectivity index (χ4n) is 2.86. The first-order chi connectivity index (χ1) is 9.77. The second kappa shape index (κ2) is 6.24. The lowest BCUT2D eigenvalue weighted by atomic mass is 9.97. The third kappa shape index (κ3) is 3.59. The van der Waals surface area contributed by atoms with Crippen molar-refractivity contribution in [2.45, 2.75) is 36.1 Å². The molecule has 0 aromatic heterocycles. The molecular weight excluding hydrogens is 354 g/mol. The SMILES string of the molecule is CN(C)C1(CNS(=O)(=O)c2cc(Br)ccc2N)CCCC1. The van der Waals surface area contributed by atoms with E-state index < -0.39 is 10.0 Å². The maximum atomic E-state index is 12.5. The van der Waals surface area contributed by atoms with Gasteiger partial charge in [0.1, 0.15) is 4.90 Å². The number of hydrogen-bond donors (Lipinski definition) is 2. The lowest BCUT2D eigenvalue weighted by Crippen LogP contribution is -2.50. The van der Waals surface area contributed by atoms with Gasteiger partial charge in [-0.3, -0.25) is 0 Å². The number of likely N-dealkylation sites (N-methyl/N-ethyl adjacent to an activating group) is 1. The predicted octanol–water partition coefficient (Wildman–Crippen LogP) is 2.18. The molecule has 1 saturated carbocycles. The van der Waals surface area contributed by atoms with Crippen molar-refractivity contribution in [3.8, 4) is 0 Å². The molecule has 3 N–H and O–H groups in total. The molecule has 2 rings (SSSR count). The van der Waals surface area contributed by atoms with Crippen molar-refractivity contribution in [3.63, 3.8) is 0 Å². The van der Waals surface area contributed by atoms with Gasteiger partial charge in [0.25, 0.3) is 0 Å². The quantitative estimate of drug-likeness (QED) is 0.773. The fourth-order valence-corrected chi connectivity index (χ4v) is 4.65. The van der Waals surface area contributed by atoms with Gasteiger partial charge in [-0.25, -0.2) is 13.1 Å². The van der Waals surface area contributed by atoms with E-state index in [2.05, 4.69) is 25.6 Å². The molecule has 1 aliphatic rings. The lowest BCUT2D eigenvalue weighted by Gasteiger charge is -2.36. The van der Waals surface area contributed by atoms with Crippen molar-refractivity contribution in [1.29, 1.82) is 0 Å². The summed E-state index contributed by atoms with van der Waals surface area (Å²) in [7, 11) is 0.410. The zero-order valence-electron chi connectivity index (χ0n) is 12.4. The molecule has 0 unspecified atom stereocenters. The highest BCUT2D eigenvalue weighted by Crippen LogP contribution is 2.33. The molecule has 7 heteroatoms. The zero-order chi connectivity index (χ0) is 15.7. The van der Waals surface area contributed by atoms with Crippen LogP contribution >= 0.6 is 15.9 Å². The molecule has 0 aliphatic heterocycles. The minimum Gasteiger partial charge on any atom is -0.398 e. The first-order valence-corrected chi connectivity index (χ1v) is 9.27. The summed E-state index contributed by atoms with van der Waals surface area (Å²) in [5.41, 5.74) is 5.97. The molecule has 1 aliphatic carbocycles. The van der Waals surface area contributed by atoms with E-state index in [-0.39, 0.29) is 16.1 Å². The molecule has 118 valence electrons. The van der Waals surface area contributed by atoms with Gasteiger partial charge in [-0.1, -0.05) is 28.8 Å². The number of nitrogens with zero attached hydrogens (tertiary/aromatic N) is 1. The summed E-state index contributed by atoms with van der Waals surface area (Å²) in [4.78, 5) is 2.26. The average Bonchev–Trinajstić information content (AvgIpc) is 2.89. The Labute approximate surface area is 135 Å². The smallest absolute Gasteiger partial charge is 0.242 e. The minimum atomic E-state index is -3.60. The minimum absolute atomic E-state index is 0.0894. The number of rotatable bonds is 5. The summed E-state index contributed by atoms with van der Waals surface area (Å²) in [6.45, 7) is 0.411. The van der Waals surface area contributed by atoms with E-state index in [1.807, 2.05) is 14.1 Å². The van der Waals surface area contributed by atoms with Gasteiger partial charge in [0, 0.05) is 16.6 Å². The predicted molar refractivity (Wildman–Crippen MR) is 88.6 cm³/mol. The van der Waals surface area contributed by atoms with Gasteiger partial charge in [-0.15, -0.1) is 0 Å². The second-order valence-corrected chi connectivity index (χ2v) is 8.48. The zero-order valence-corrected chi connectivity index (χ0v) is 14.8. The molecule has 0 spiro atoms. The molecule has 1 fully saturated rings. The van der Waals surface area contributed by atoms with Crippen LogP contribution in [0.25, 0.3) is 0 Å². The molecule has 1 aromatic rings. The van der Waals surface area contributed by atoms with E-state index >= 15 is 0 Å². The Bertz CT molecular complexity index is 611. The number of anilines is 1. The van der Waals surface area contributed by atoms with E-state index in [1.165, 1.54) is 6.07 Å². The van der Waals surface area contributed by atoms with Crippen LogP contribution in [0.4, 0.5) is 5.69 Å². The van der Waals surface area contributed by atoms with Crippen LogP contribution in [0.1, 0.15) is 25.7 Å². The Morgan fingerprint density at radius 3 is 2.52 bits per heavy atom. The monoisotopic (exact) mass is 375 g/mol. The van der Waals surface area contributed by atoms with Crippen molar-refractivity contribution in [2.24, 2.45) is 0 Å². The second-order valence-electron chi connectivity index (χ2n) is 5.83. The first-order valence-electron chi connectivity index (χ1n) is 6.99. The highest BCUT2D eigenvalue weighted by molar-refractivity contribution is 9.10. The van der Waals surface area contributed by atoms with E-state index in [0.717, 1.165) is 25.7 Å². The van der Waals surface area contributed by atoms with Gasteiger partial charge in [0.15, 0.2) is 0 Å². The number of nitrogens with one attached hydrogen (secondary N) is 1. The largest absolute Gasteiger partial charge is 0.398 e. The molecule has 0 heterocycles. The van der Waals surface area contributed by atoms with Crippen LogP contribution in [0.15, 0.2) is 27.6 Å². The number of sulfonamides is 1. The number of nitrogens with two attached hydrogens (primary N) is 1. The molecule has 0 bridgehead atoms. The van der Waals surface area contributed by atoms with Crippen LogP contribution in [-0.4, -0.2) is 39.5 Å². The van der Waals surface area contributed by atoms with Gasteiger partial charge in [-0.05, 0) is 45.1 Å². The van der Waals surface area contributed by atoms with Gasteiger partial charge in [0.2, 0.25) is 10.0 Å². The third-order valence-electron chi connectivity index (χ3n) is 4.34. The normalized spacial score (nSPS) is 18.3.